The van der Waals surface area contributed by atoms with Crippen molar-refractivity contribution in [2.75, 3.05) is 6.61 Å². The third-order valence-corrected chi connectivity index (χ3v) is 4.86. The summed E-state index contributed by atoms with van der Waals surface area (Å²) in [5.41, 5.74) is 1.45. The second-order valence-corrected chi connectivity index (χ2v) is 6.44. The van der Waals surface area contributed by atoms with Gasteiger partial charge in [-0.1, -0.05) is 12.1 Å². The predicted molar refractivity (Wildman–Crippen MR) is 86.0 cm³/mol. The fourth-order valence-corrected chi connectivity index (χ4v) is 3.56. The van der Waals surface area contributed by atoms with Crippen LogP contribution in [0.2, 0.25) is 0 Å². The van der Waals surface area contributed by atoms with Crippen LogP contribution in [0.3, 0.4) is 0 Å². The van der Waals surface area contributed by atoms with Crippen molar-refractivity contribution in [3.63, 3.8) is 0 Å². The Bertz CT molecular complexity index is 809. The van der Waals surface area contributed by atoms with Crippen LogP contribution in [-0.2, 0) is 4.79 Å². The third kappa shape index (κ3) is 2.87. The second kappa shape index (κ2) is 6.11. The maximum Gasteiger partial charge on any atom is 0.228 e. The quantitative estimate of drug-likeness (QED) is 0.876. The van der Waals surface area contributed by atoms with Crippen LogP contribution in [0.1, 0.15) is 29.5 Å². The Morgan fingerprint density at radius 3 is 2.60 bits per heavy atom. The van der Waals surface area contributed by atoms with Crippen molar-refractivity contribution in [3.8, 4) is 5.75 Å². The van der Waals surface area contributed by atoms with E-state index in [4.69, 9.17) is 4.74 Å². The normalized spacial score (nSPS) is 24.0. The van der Waals surface area contributed by atoms with E-state index >= 15 is 0 Å². The zero-order chi connectivity index (χ0) is 17.6. The lowest BCUT2D eigenvalue weighted by atomic mass is 10.0. The van der Waals surface area contributed by atoms with Crippen molar-refractivity contribution in [1.29, 1.82) is 0 Å². The van der Waals surface area contributed by atoms with E-state index in [0.717, 1.165) is 11.1 Å². The molecule has 0 spiro atoms. The highest BCUT2D eigenvalue weighted by Gasteiger charge is 2.62. The summed E-state index contributed by atoms with van der Waals surface area (Å²) in [6.07, 6.45) is 0.0608. The summed E-state index contributed by atoms with van der Waals surface area (Å²) in [6, 6.07) is 9.74. The molecule has 1 aliphatic carbocycles. The number of amides is 1. The average Bonchev–Trinajstić information content (AvgIpc) is 3.19. The van der Waals surface area contributed by atoms with E-state index in [2.05, 4.69) is 5.32 Å². The number of carbonyl (C=O) groups is 1. The maximum atomic E-state index is 13.4. The highest BCUT2D eigenvalue weighted by Crippen LogP contribution is 2.58. The van der Waals surface area contributed by atoms with Gasteiger partial charge in [-0.15, -0.1) is 0 Å². The second-order valence-electron chi connectivity index (χ2n) is 6.44. The first-order valence-corrected chi connectivity index (χ1v) is 8.21. The smallest absolute Gasteiger partial charge is 0.228 e. The Hall–Kier alpha value is -2.47. The number of hydrogen-bond acceptors (Lipinski definition) is 3. The number of hydrogen-bond donors (Lipinski definition) is 2. The van der Waals surface area contributed by atoms with Gasteiger partial charge in [-0.2, -0.15) is 0 Å². The molecule has 1 aliphatic heterocycles. The fraction of sp³-hybridized carbons (Fsp3) is 0.316. The molecule has 3 unspecified atom stereocenters. The summed E-state index contributed by atoms with van der Waals surface area (Å²) < 4.78 is 32.2. The molecule has 4 atom stereocenters. The molecule has 2 aromatic carbocycles. The van der Waals surface area contributed by atoms with Gasteiger partial charge in [0, 0.05) is 18.1 Å². The third-order valence-electron chi connectivity index (χ3n) is 4.86. The van der Waals surface area contributed by atoms with E-state index in [0.29, 0.717) is 12.2 Å². The van der Waals surface area contributed by atoms with Crippen molar-refractivity contribution in [1.82, 2.24) is 5.32 Å². The van der Waals surface area contributed by atoms with Crippen molar-refractivity contribution in [2.45, 2.75) is 24.5 Å². The molecule has 1 amide bonds. The molecule has 25 heavy (non-hydrogen) atoms. The van der Waals surface area contributed by atoms with Crippen LogP contribution >= 0.6 is 0 Å². The Balaban J connectivity index is 1.48. The molecule has 1 saturated carbocycles. The number of aliphatic hydroxyl groups excluding tert-OH is 1. The number of rotatable bonds is 5. The molecule has 0 aromatic heterocycles. The van der Waals surface area contributed by atoms with Crippen molar-refractivity contribution < 1.29 is 23.4 Å². The van der Waals surface area contributed by atoms with Gasteiger partial charge in [0.05, 0.1) is 12.0 Å². The lowest BCUT2D eigenvalue weighted by molar-refractivity contribution is -0.123. The summed E-state index contributed by atoms with van der Waals surface area (Å²) >= 11 is 0. The molecular formula is C19H17F2NO3. The van der Waals surface area contributed by atoms with E-state index in [-0.39, 0.29) is 42.1 Å². The van der Waals surface area contributed by atoms with Gasteiger partial charge in [0.1, 0.15) is 23.5 Å². The Kier molecular flexibility index (Phi) is 3.92. The minimum Gasteiger partial charge on any atom is -0.489 e. The number of carbonyl (C=O) groups excluding carboxylic acids is 1. The van der Waals surface area contributed by atoms with Crippen LogP contribution < -0.4 is 10.1 Å². The lowest BCUT2D eigenvalue weighted by Gasteiger charge is -2.19. The summed E-state index contributed by atoms with van der Waals surface area (Å²) in [5, 5.41) is 12.1. The van der Waals surface area contributed by atoms with Crippen molar-refractivity contribution >= 4 is 5.91 Å². The fourth-order valence-electron chi connectivity index (χ4n) is 3.56. The van der Waals surface area contributed by atoms with E-state index in [9.17, 15) is 18.7 Å². The number of halogens is 2. The minimum absolute atomic E-state index is 0.107. The number of nitrogens with one attached hydrogen (secondary N) is 1. The first kappa shape index (κ1) is 16.0. The first-order valence-electron chi connectivity index (χ1n) is 8.21. The number of ether oxygens (including phenoxy) is 1. The number of aliphatic hydroxyl groups is 1. The minimum atomic E-state index is -0.411. The molecule has 0 bridgehead atoms. The molecule has 6 heteroatoms. The Labute approximate surface area is 143 Å². The SMILES string of the molecule is O=C(N[C@@H](CCO)c1ccc(F)cc1)C1C2Oc3ccc(F)cc3C21. The molecule has 130 valence electrons. The molecule has 2 aromatic rings. The molecule has 0 saturated heterocycles. The van der Waals surface area contributed by atoms with Gasteiger partial charge in [0.25, 0.3) is 0 Å². The van der Waals surface area contributed by atoms with Gasteiger partial charge in [-0.05, 0) is 42.3 Å². The highest BCUT2D eigenvalue weighted by molar-refractivity contribution is 5.86. The summed E-state index contributed by atoms with van der Waals surface area (Å²) in [7, 11) is 0. The van der Waals surface area contributed by atoms with Crippen LogP contribution in [0.25, 0.3) is 0 Å². The monoisotopic (exact) mass is 345 g/mol. The molecule has 2 N–H and O–H groups in total. The van der Waals surface area contributed by atoms with Crippen LogP contribution in [0.4, 0.5) is 8.78 Å². The largest absolute Gasteiger partial charge is 0.489 e. The van der Waals surface area contributed by atoms with Crippen LogP contribution in [0.5, 0.6) is 5.75 Å². The number of benzene rings is 2. The predicted octanol–water partition coefficient (Wildman–Crippen LogP) is 2.68. The van der Waals surface area contributed by atoms with Gasteiger partial charge in [-0.25, -0.2) is 8.78 Å². The van der Waals surface area contributed by atoms with Gasteiger partial charge in [0.2, 0.25) is 5.91 Å². The highest BCUT2D eigenvalue weighted by atomic mass is 19.1. The van der Waals surface area contributed by atoms with Crippen LogP contribution in [0.15, 0.2) is 42.5 Å². The van der Waals surface area contributed by atoms with E-state index in [1.165, 1.54) is 24.3 Å². The number of fused-ring (bicyclic) bond motifs is 3. The van der Waals surface area contributed by atoms with E-state index < -0.39 is 6.04 Å². The molecule has 2 aliphatic rings. The molecule has 4 rings (SSSR count). The molecular weight excluding hydrogens is 328 g/mol. The standard InChI is InChI=1S/C19H17F2NO3/c20-11-3-1-10(2-4-11)14(7-8-23)22-19(24)17-16-13-9-12(21)5-6-15(13)25-18(16)17/h1-6,9,14,16-18,23H,7-8H2,(H,22,24)/t14-,16?,17?,18?/m0/s1. The first-order chi connectivity index (χ1) is 12.1. The topological polar surface area (TPSA) is 58.6 Å². The maximum absolute atomic E-state index is 13.4. The summed E-state index contributed by atoms with van der Waals surface area (Å²) in [5.74, 6) is -0.775. The van der Waals surface area contributed by atoms with Gasteiger partial charge >= 0.3 is 0 Å². The summed E-state index contributed by atoms with van der Waals surface area (Å²) in [6.45, 7) is -0.107. The lowest BCUT2D eigenvalue weighted by Crippen LogP contribution is -2.32. The Morgan fingerprint density at radius 2 is 1.88 bits per heavy atom. The molecule has 1 fully saturated rings. The zero-order valence-electron chi connectivity index (χ0n) is 13.3. The van der Waals surface area contributed by atoms with Gasteiger partial charge < -0.3 is 15.2 Å². The molecule has 0 radical (unpaired) electrons. The zero-order valence-corrected chi connectivity index (χ0v) is 13.3. The summed E-state index contributed by atoms with van der Waals surface area (Å²) in [4.78, 5) is 12.6. The van der Waals surface area contributed by atoms with Crippen LogP contribution in [-0.4, -0.2) is 23.7 Å². The van der Waals surface area contributed by atoms with Crippen LogP contribution in [0, 0.1) is 17.6 Å². The van der Waals surface area contributed by atoms with Gasteiger partial charge in [0.15, 0.2) is 0 Å². The van der Waals surface area contributed by atoms with E-state index in [1.807, 2.05) is 0 Å². The van der Waals surface area contributed by atoms with Crippen molar-refractivity contribution in [3.05, 3.63) is 65.2 Å². The molecule has 1 heterocycles. The molecule has 4 nitrogen and oxygen atoms in total. The van der Waals surface area contributed by atoms with Crippen molar-refractivity contribution in [2.24, 2.45) is 5.92 Å². The Morgan fingerprint density at radius 1 is 1.16 bits per heavy atom. The van der Waals surface area contributed by atoms with E-state index in [1.54, 1.807) is 18.2 Å². The van der Waals surface area contributed by atoms with Gasteiger partial charge in [-0.3, -0.25) is 4.79 Å². The average molecular weight is 345 g/mol.